The molecule has 9 rings (SSSR count). The van der Waals surface area contributed by atoms with Gasteiger partial charge in [0.2, 0.25) is 5.75 Å². The lowest BCUT2D eigenvalue weighted by Crippen LogP contribution is -2.30. The van der Waals surface area contributed by atoms with Crippen LogP contribution < -0.4 is 15.5 Å². The summed E-state index contributed by atoms with van der Waals surface area (Å²) in [6, 6.07) is 54.6. The van der Waals surface area contributed by atoms with Crippen molar-refractivity contribution in [3.05, 3.63) is 209 Å². The van der Waals surface area contributed by atoms with Gasteiger partial charge in [-0.2, -0.15) is 0 Å². The van der Waals surface area contributed by atoms with Crippen molar-refractivity contribution in [1.29, 1.82) is 0 Å². The molecular weight excluding hydrogens is 815 g/mol. The first kappa shape index (κ1) is 43.1. The van der Waals surface area contributed by atoms with Gasteiger partial charge in [0, 0.05) is 34.0 Å². The van der Waals surface area contributed by atoms with Crippen LogP contribution in [0.5, 0.6) is 23.0 Å². The van der Waals surface area contributed by atoms with Gasteiger partial charge in [-0.05, 0) is 168 Å². The predicted molar refractivity (Wildman–Crippen MR) is 273 cm³/mol. The van der Waals surface area contributed by atoms with E-state index < -0.39 is 5.75 Å². The van der Waals surface area contributed by atoms with Crippen LogP contribution in [0.3, 0.4) is 0 Å². The number of benzene rings is 8. The monoisotopic (exact) mass is 867 g/mol. The first-order chi connectivity index (χ1) is 31.9. The second-order valence-corrected chi connectivity index (χ2v) is 17.1. The first-order valence-corrected chi connectivity index (χ1v) is 22.2. The number of allylic oxidation sites excluding steroid dienone is 2. The molecule has 1 atom stereocenters. The van der Waals surface area contributed by atoms with Gasteiger partial charge in [-0.3, -0.25) is 0 Å². The van der Waals surface area contributed by atoms with Crippen LogP contribution in [-0.2, 0) is 0 Å². The lowest BCUT2D eigenvalue weighted by molar-refractivity contribution is 0.366. The highest BCUT2D eigenvalue weighted by atomic mass is 16.3. The van der Waals surface area contributed by atoms with Crippen molar-refractivity contribution in [2.45, 2.75) is 47.1 Å². The Hall–Kier alpha value is -8.16. The molecule has 1 unspecified atom stereocenters. The molecule has 0 amide bonds. The fourth-order valence-corrected chi connectivity index (χ4v) is 9.28. The summed E-state index contributed by atoms with van der Waals surface area (Å²) in [6.45, 7) is 9.47. The van der Waals surface area contributed by atoms with E-state index in [9.17, 15) is 20.4 Å². The zero-order valence-electron chi connectivity index (χ0n) is 37.8. The van der Waals surface area contributed by atoms with E-state index in [1.54, 1.807) is 6.92 Å². The standard InChI is InChI=1S/C59H53N3O4/c1-36-38(3)56(63)55(60)40(5)53(36)45-24-32-51(33-25-45)61(47-12-8-6-9-13-47)49-28-20-43(21-29-49)41-16-18-42(19-17-41)44-22-30-50(31-23-44)62(48-14-10-7-11-15-48)52-34-26-46(27-35-52)54-37(2)39(4)57(64)59(66)58(54)65/h6-28,30-35,49,63-66H,29,60H2,1-5H3. The van der Waals surface area contributed by atoms with Crippen molar-refractivity contribution in [1.82, 2.24) is 0 Å². The molecule has 0 heterocycles. The Bertz CT molecular complexity index is 3070. The lowest BCUT2D eigenvalue weighted by Gasteiger charge is -2.33. The van der Waals surface area contributed by atoms with Crippen LogP contribution in [0.2, 0.25) is 0 Å². The quantitative estimate of drug-likeness (QED) is 0.0687. The van der Waals surface area contributed by atoms with Crippen molar-refractivity contribution in [2.75, 3.05) is 15.5 Å². The van der Waals surface area contributed by atoms with Gasteiger partial charge < -0.3 is 36.0 Å². The summed E-state index contributed by atoms with van der Waals surface area (Å²) in [5, 5.41) is 42.0. The average molecular weight is 868 g/mol. The number of nitrogens with zero attached hydrogens (tertiary/aromatic N) is 2. The minimum Gasteiger partial charge on any atom is -0.505 e. The Morgan fingerprint density at radius 1 is 0.409 bits per heavy atom. The van der Waals surface area contributed by atoms with E-state index in [-0.39, 0.29) is 23.3 Å². The third kappa shape index (κ3) is 7.90. The molecule has 0 fully saturated rings. The fourth-order valence-electron chi connectivity index (χ4n) is 9.28. The lowest BCUT2D eigenvalue weighted by atomic mass is 9.90. The van der Waals surface area contributed by atoms with Gasteiger partial charge in [0.25, 0.3) is 0 Å². The highest BCUT2D eigenvalue weighted by Crippen LogP contribution is 2.48. The second-order valence-electron chi connectivity index (χ2n) is 17.1. The molecule has 1 aliphatic carbocycles. The van der Waals surface area contributed by atoms with Gasteiger partial charge in [-0.1, -0.05) is 115 Å². The molecule has 0 bridgehead atoms. The van der Waals surface area contributed by atoms with Crippen LogP contribution in [0.1, 0.15) is 39.8 Å². The first-order valence-electron chi connectivity index (χ1n) is 22.2. The second kappa shape index (κ2) is 17.8. The van der Waals surface area contributed by atoms with Crippen LogP contribution in [0.4, 0.5) is 34.1 Å². The third-order valence-electron chi connectivity index (χ3n) is 13.3. The van der Waals surface area contributed by atoms with E-state index in [0.29, 0.717) is 22.4 Å². The molecular formula is C59H53N3O4. The third-order valence-corrected chi connectivity index (χ3v) is 13.3. The summed E-state index contributed by atoms with van der Waals surface area (Å²) in [6.07, 6.45) is 7.70. The SMILES string of the molecule is Cc1c(C)c(-c2ccc(N(c3ccccc3)C3C=CC(c4ccc(-c5ccc(N(c6ccccc6)c6ccc(-c7c(C)c(C)c(O)c(O)c7O)cc6)cc5)cc4)=CC3)cc2)c(C)c(N)c1O. The number of nitrogen functional groups attached to an aromatic ring is 1. The van der Waals surface area contributed by atoms with Crippen LogP contribution in [0, 0.1) is 34.6 Å². The molecule has 7 heteroatoms. The van der Waals surface area contributed by atoms with Crippen LogP contribution in [0.15, 0.2) is 176 Å². The summed E-state index contributed by atoms with van der Waals surface area (Å²) in [7, 11) is 0. The number of para-hydroxylation sites is 2. The molecule has 0 spiro atoms. The van der Waals surface area contributed by atoms with Gasteiger partial charge in [-0.25, -0.2) is 0 Å². The summed E-state index contributed by atoms with van der Waals surface area (Å²) >= 11 is 0. The maximum Gasteiger partial charge on any atom is 0.201 e. The summed E-state index contributed by atoms with van der Waals surface area (Å²) in [4.78, 5) is 4.57. The number of hydrogen-bond acceptors (Lipinski definition) is 7. The molecule has 8 aromatic rings. The van der Waals surface area contributed by atoms with Crippen LogP contribution in [-0.4, -0.2) is 26.5 Å². The maximum absolute atomic E-state index is 10.8. The number of anilines is 6. The normalized spacial score (nSPS) is 13.3. The molecule has 328 valence electrons. The van der Waals surface area contributed by atoms with Gasteiger partial charge in [0.1, 0.15) is 5.75 Å². The number of aromatic hydroxyl groups is 4. The van der Waals surface area contributed by atoms with Gasteiger partial charge in [0.05, 0.1) is 11.7 Å². The summed E-state index contributed by atoms with van der Waals surface area (Å²) < 4.78 is 0. The minimum absolute atomic E-state index is 0.110. The molecule has 0 saturated heterocycles. The van der Waals surface area contributed by atoms with E-state index >= 15 is 0 Å². The van der Waals surface area contributed by atoms with Crippen molar-refractivity contribution >= 4 is 39.7 Å². The van der Waals surface area contributed by atoms with Gasteiger partial charge >= 0.3 is 0 Å². The van der Waals surface area contributed by atoms with E-state index in [2.05, 4.69) is 137 Å². The molecule has 66 heavy (non-hydrogen) atoms. The Balaban J connectivity index is 0.931. The smallest absolute Gasteiger partial charge is 0.201 e. The van der Waals surface area contributed by atoms with Crippen molar-refractivity contribution in [3.8, 4) is 56.4 Å². The molecule has 0 radical (unpaired) electrons. The number of phenolic OH excluding ortho intramolecular Hbond substituents is 4. The van der Waals surface area contributed by atoms with Gasteiger partial charge in [-0.15, -0.1) is 0 Å². The van der Waals surface area contributed by atoms with E-state index in [0.717, 1.165) is 84.9 Å². The van der Waals surface area contributed by atoms with E-state index in [4.69, 9.17) is 5.73 Å². The Morgan fingerprint density at radius 3 is 1.38 bits per heavy atom. The molecule has 1 aliphatic rings. The number of nitrogens with two attached hydrogens (primary N) is 1. The van der Waals surface area contributed by atoms with Crippen molar-refractivity contribution in [2.24, 2.45) is 0 Å². The largest absolute Gasteiger partial charge is 0.505 e. The summed E-state index contributed by atoms with van der Waals surface area (Å²) in [5.41, 5.74) is 23.7. The van der Waals surface area contributed by atoms with Crippen molar-refractivity contribution in [3.63, 3.8) is 0 Å². The van der Waals surface area contributed by atoms with Crippen LogP contribution >= 0.6 is 0 Å². The van der Waals surface area contributed by atoms with E-state index in [1.807, 2.05) is 76.2 Å². The minimum atomic E-state index is -0.514. The Morgan fingerprint density at radius 2 is 0.833 bits per heavy atom. The molecule has 8 aromatic carbocycles. The molecule has 6 N–H and O–H groups in total. The van der Waals surface area contributed by atoms with Gasteiger partial charge in [0.15, 0.2) is 11.5 Å². The highest BCUT2D eigenvalue weighted by molar-refractivity contribution is 5.86. The highest BCUT2D eigenvalue weighted by Gasteiger charge is 2.23. The molecule has 0 aromatic heterocycles. The number of phenols is 4. The molecule has 0 aliphatic heterocycles. The van der Waals surface area contributed by atoms with E-state index in [1.165, 1.54) is 5.57 Å². The topological polar surface area (TPSA) is 113 Å². The molecule has 0 saturated carbocycles. The Labute approximate surface area is 386 Å². The van der Waals surface area contributed by atoms with Crippen molar-refractivity contribution < 1.29 is 20.4 Å². The molecule has 7 nitrogen and oxygen atoms in total. The predicted octanol–water partition coefficient (Wildman–Crippen LogP) is 14.7. The zero-order valence-corrected chi connectivity index (χ0v) is 37.8. The fraction of sp³-hybridized carbons (Fsp3) is 0.119. The average Bonchev–Trinajstić information content (AvgIpc) is 3.36. The Kier molecular flexibility index (Phi) is 11.6. The van der Waals surface area contributed by atoms with Crippen LogP contribution in [0.25, 0.3) is 39.0 Å². The number of hydrogen-bond donors (Lipinski definition) is 5. The summed E-state index contributed by atoms with van der Waals surface area (Å²) in [5.74, 6) is -0.992. The number of rotatable bonds is 10. The zero-order chi connectivity index (χ0) is 46.2. The maximum atomic E-state index is 10.8.